The summed E-state index contributed by atoms with van der Waals surface area (Å²) in [6.45, 7) is 16.9. The summed E-state index contributed by atoms with van der Waals surface area (Å²) >= 11 is 0. The number of nitrogens with zero attached hydrogens (tertiary/aromatic N) is 4. The first-order valence-electron chi connectivity index (χ1n) is 17.8. The molecule has 0 aliphatic carbocycles. The summed E-state index contributed by atoms with van der Waals surface area (Å²) in [7, 11) is 0. The van der Waals surface area contributed by atoms with Gasteiger partial charge in [-0.05, 0) is 64.8 Å². The average Bonchev–Trinajstić information content (AvgIpc) is 3.11. The molecule has 0 bridgehead atoms. The van der Waals surface area contributed by atoms with Crippen molar-refractivity contribution in [3.8, 4) is 46.6 Å². The maximum atomic E-state index is 10.5. The highest BCUT2D eigenvalue weighted by molar-refractivity contribution is 5.74. The third-order valence-electron chi connectivity index (χ3n) is 8.37. The van der Waals surface area contributed by atoms with Gasteiger partial charge in [-0.1, -0.05) is 64.5 Å². The predicted molar refractivity (Wildman–Crippen MR) is 195 cm³/mol. The Morgan fingerprint density at radius 1 is 0.521 bits per heavy atom. The Hall–Kier alpha value is -4.56. The number of hydrogen-bond acceptors (Lipinski definition) is 8. The fourth-order valence-corrected chi connectivity index (χ4v) is 5.64. The average molecular weight is 655 g/mol. The van der Waals surface area contributed by atoms with Crippen LogP contribution in [-0.4, -0.2) is 39.4 Å². The lowest BCUT2D eigenvalue weighted by Crippen LogP contribution is -2.21. The quantitative estimate of drug-likeness (QED) is 0.0989. The number of rotatable bonds is 22. The first-order valence-corrected chi connectivity index (χ1v) is 17.8. The Morgan fingerprint density at radius 3 is 1.25 bits per heavy atom. The minimum atomic E-state index is 0.0793. The zero-order valence-electron chi connectivity index (χ0n) is 29.9. The Bertz CT molecular complexity index is 1390. The summed E-state index contributed by atoms with van der Waals surface area (Å²) in [6, 6.07) is 20.2. The van der Waals surface area contributed by atoms with Crippen LogP contribution in [0.25, 0.3) is 0 Å². The summed E-state index contributed by atoms with van der Waals surface area (Å²) in [4.78, 5) is 4.47. The van der Waals surface area contributed by atoms with Crippen LogP contribution in [0.2, 0.25) is 0 Å². The van der Waals surface area contributed by atoms with Crippen molar-refractivity contribution in [2.75, 3.05) is 49.2 Å². The SMILES string of the molecule is CCCCCCOc1c(C#N)c(C#N)c(OCCCCCC)c(Oc2cccc(N(CC)CC)c2)c1Oc1cccc(N(CC)CC)c1. The maximum Gasteiger partial charge on any atom is 0.217 e. The molecule has 0 aliphatic heterocycles. The second kappa shape index (κ2) is 20.6. The minimum absolute atomic E-state index is 0.0793. The molecule has 3 aromatic carbocycles. The molecular weight excluding hydrogens is 600 g/mol. The molecular formula is C40H54N4O4. The van der Waals surface area contributed by atoms with Crippen LogP contribution in [0.1, 0.15) is 104 Å². The molecule has 8 nitrogen and oxygen atoms in total. The van der Waals surface area contributed by atoms with E-state index in [-0.39, 0.29) is 34.1 Å². The summed E-state index contributed by atoms with van der Waals surface area (Å²) in [5, 5.41) is 21.0. The Morgan fingerprint density at radius 2 is 0.917 bits per heavy atom. The molecule has 0 unspecified atom stereocenters. The van der Waals surface area contributed by atoms with Crippen molar-refractivity contribution in [2.45, 2.75) is 92.9 Å². The van der Waals surface area contributed by atoms with Crippen molar-refractivity contribution in [1.82, 2.24) is 0 Å². The van der Waals surface area contributed by atoms with Gasteiger partial charge in [-0.3, -0.25) is 0 Å². The molecule has 0 spiro atoms. The summed E-state index contributed by atoms with van der Waals surface area (Å²) < 4.78 is 26.1. The van der Waals surface area contributed by atoms with E-state index in [9.17, 15) is 10.5 Å². The molecule has 0 saturated heterocycles. The van der Waals surface area contributed by atoms with Crippen molar-refractivity contribution < 1.29 is 18.9 Å². The molecule has 0 saturated carbocycles. The molecule has 0 aliphatic rings. The van der Waals surface area contributed by atoms with E-state index in [1.54, 1.807) is 0 Å². The molecule has 0 atom stereocenters. The van der Waals surface area contributed by atoms with E-state index in [4.69, 9.17) is 18.9 Å². The van der Waals surface area contributed by atoms with Gasteiger partial charge in [0.1, 0.15) is 34.8 Å². The van der Waals surface area contributed by atoms with Crippen LogP contribution in [0, 0.1) is 22.7 Å². The molecule has 258 valence electrons. The number of unbranched alkanes of at least 4 members (excludes halogenated alkanes) is 6. The normalized spacial score (nSPS) is 10.6. The highest BCUT2D eigenvalue weighted by Crippen LogP contribution is 2.53. The van der Waals surface area contributed by atoms with Crippen LogP contribution in [0.4, 0.5) is 11.4 Å². The molecule has 8 heteroatoms. The van der Waals surface area contributed by atoms with Crippen molar-refractivity contribution >= 4 is 11.4 Å². The van der Waals surface area contributed by atoms with E-state index in [1.165, 1.54) is 0 Å². The second-order valence-electron chi connectivity index (χ2n) is 11.7. The monoisotopic (exact) mass is 654 g/mol. The summed E-state index contributed by atoms with van der Waals surface area (Å²) in [5.74, 6) is 1.92. The van der Waals surface area contributed by atoms with Gasteiger partial charge in [-0.15, -0.1) is 0 Å². The predicted octanol–water partition coefficient (Wildman–Crippen LogP) is 10.6. The molecule has 0 N–H and O–H groups in total. The summed E-state index contributed by atoms with van der Waals surface area (Å²) in [5.41, 5.74) is 2.18. The van der Waals surface area contributed by atoms with E-state index in [2.05, 4.69) is 63.5 Å². The van der Waals surface area contributed by atoms with E-state index in [0.29, 0.717) is 24.7 Å². The first kappa shape index (κ1) is 37.9. The number of hydrogen-bond donors (Lipinski definition) is 0. The van der Waals surface area contributed by atoms with E-state index >= 15 is 0 Å². The van der Waals surface area contributed by atoms with Crippen LogP contribution < -0.4 is 28.7 Å². The standard InChI is InChI=1S/C40H54N4O4/c1-7-13-15-17-25-45-37-35(29-41)36(30-42)38(46-26-18-16-14-8-2)40(48-34-24-20-22-32(28-34)44(11-5)12-6)39(37)47-33-23-19-21-31(27-33)43(9-3)10-4/h19-24,27-28H,7-18,25-26H2,1-6H3. The van der Waals surface area contributed by atoms with Gasteiger partial charge in [0.25, 0.3) is 0 Å². The minimum Gasteiger partial charge on any atom is -0.488 e. The number of benzene rings is 3. The van der Waals surface area contributed by atoms with Crippen molar-refractivity contribution in [3.05, 3.63) is 59.7 Å². The topological polar surface area (TPSA) is 91.0 Å². The fraction of sp³-hybridized carbons (Fsp3) is 0.500. The van der Waals surface area contributed by atoms with Crippen LogP contribution in [0.5, 0.6) is 34.5 Å². The van der Waals surface area contributed by atoms with Crippen LogP contribution >= 0.6 is 0 Å². The Labute approximate surface area is 288 Å². The molecule has 48 heavy (non-hydrogen) atoms. The van der Waals surface area contributed by atoms with Gasteiger partial charge < -0.3 is 28.7 Å². The van der Waals surface area contributed by atoms with Gasteiger partial charge in [0.05, 0.1) is 13.2 Å². The third kappa shape index (κ3) is 10.2. The number of nitriles is 2. The highest BCUT2D eigenvalue weighted by atomic mass is 16.6. The molecule has 0 radical (unpaired) electrons. The van der Waals surface area contributed by atoms with Gasteiger partial charge >= 0.3 is 0 Å². The molecule has 0 aromatic heterocycles. The van der Waals surface area contributed by atoms with Crippen molar-refractivity contribution in [2.24, 2.45) is 0 Å². The number of anilines is 2. The van der Waals surface area contributed by atoms with Gasteiger partial charge in [-0.25, -0.2) is 0 Å². The molecule has 0 amide bonds. The lowest BCUT2D eigenvalue weighted by atomic mass is 10.0. The van der Waals surface area contributed by atoms with Gasteiger partial charge in [0, 0.05) is 49.7 Å². The Balaban J connectivity index is 2.28. The molecule has 3 rings (SSSR count). The lowest BCUT2D eigenvalue weighted by Gasteiger charge is -2.24. The largest absolute Gasteiger partial charge is 0.488 e. The molecule has 0 fully saturated rings. The first-order chi connectivity index (χ1) is 23.5. The molecule has 0 heterocycles. The summed E-state index contributed by atoms with van der Waals surface area (Å²) in [6.07, 6.45) is 7.94. The smallest absolute Gasteiger partial charge is 0.217 e. The van der Waals surface area contributed by atoms with Crippen LogP contribution in [0.15, 0.2) is 48.5 Å². The van der Waals surface area contributed by atoms with E-state index < -0.39 is 0 Å². The lowest BCUT2D eigenvalue weighted by molar-refractivity contribution is 0.270. The van der Waals surface area contributed by atoms with Gasteiger partial charge in [0.2, 0.25) is 11.5 Å². The molecule has 3 aromatic rings. The van der Waals surface area contributed by atoms with Gasteiger partial charge in [0.15, 0.2) is 11.5 Å². The van der Waals surface area contributed by atoms with Crippen molar-refractivity contribution in [3.63, 3.8) is 0 Å². The van der Waals surface area contributed by atoms with E-state index in [1.807, 2.05) is 48.5 Å². The third-order valence-corrected chi connectivity index (χ3v) is 8.37. The fourth-order valence-electron chi connectivity index (χ4n) is 5.64. The zero-order chi connectivity index (χ0) is 34.7. The van der Waals surface area contributed by atoms with E-state index in [0.717, 1.165) is 88.9 Å². The maximum absolute atomic E-state index is 10.5. The number of ether oxygens (including phenoxy) is 4. The second-order valence-corrected chi connectivity index (χ2v) is 11.7. The van der Waals surface area contributed by atoms with Crippen molar-refractivity contribution in [1.29, 1.82) is 10.5 Å². The van der Waals surface area contributed by atoms with Gasteiger partial charge in [-0.2, -0.15) is 10.5 Å². The van der Waals surface area contributed by atoms with Crippen LogP contribution in [-0.2, 0) is 0 Å². The zero-order valence-corrected chi connectivity index (χ0v) is 29.9. The Kier molecular flexibility index (Phi) is 16.3. The van der Waals surface area contributed by atoms with Crippen LogP contribution in [0.3, 0.4) is 0 Å². The highest BCUT2D eigenvalue weighted by Gasteiger charge is 2.31.